The first-order valence-electron chi connectivity index (χ1n) is 8.25. The maximum atomic E-state index is 12.6. The molecule has 1 fully saturated rings. The number of anilines is 2. The van der Waals surface area contributed by atoms with Crippen LogP contribution in [-0.4, -0.2) is 60.2 Å². The van der Waals surface area contributed by atoms with Gasteiger partial charge in [-0.25, -0.2) is 14.8 Å². The molecule has 0 atom stereocenters. The third kappa shape index (κ3) is 4.15. The molecule has 0 saturated carbocycles. The number of aromatic nitrogens is 2. The summed E-state index contributed by atoms with van der Waals surface area (Å²) >= 11 is 0. The fourth-order valence-electron chi connectivity index (χ4n) is 2.66. The van der Waals surface area contributed by atoms with E-state index in [1.807, 2.05) is 0 Å². The van der Waals surface area contributed by atoms with Crippen LogP contribution in [0.2, 0.25) is 0 Å². The lowest BCUT2D eigenvalue weighted by Crippen LogP contribution is -2.41. The molecule has 8 nitrogen and oxygen atoms in total. The van der Waals surface area contributed by atoms with Crippen LogP contribution in [0, 0.1) is 6.92 Å². The Kier molecular flexibility index (Phi) is 5.43. The van der Waals surface area contributed by atoms with E-state index in [-0.39, 0.29) is 5.91 Å². The van der Waals surface area contributed by atoms with Gasteiger partial charge in [0.2, 0.25) is 0 Å². The number of esters is 1. The summed E-state index contributed by atoms with van der Waals surface area (Å²) in [6, 6.07) is 8.47. The molecule has 0 aliphatic carbocycles. The number of carbonyl (C=O) groups excluding carboxylic acids is 2. The van der Waals surface area contributed by atoms with Crippen LogP contribution >= 0.6 is 0 Å². The number of rotatable bonds is 4. The number of ether oxygens (including phenoxy) is 2. The molecular weight excluding hydrogens is 336 g/mol. The van der Waals surface area contributed by atoms with Crippen molar-refractivity contribution in [2.24, 2.45) is 0 Å². The summed E-state index contributed by atoms with van der Waals surface area (Å²) in [6.07, 6.45) is 0. The number of hydrogen-bond acceptors (Lipinski definition) is 7. The van der Waals surface area contributed by atoms with E-state index in [4.69, 9.17) is 9.47 Å². The molecule has 1 saturated heterocycles. The molecule has 1 aliphatic heterocycles. The summed E-state index contributed by atoms with van der Waals surface area (Å²) < 4.78 is 10.0. The average Bonchev–Trinajstić information content (AvgIpc) is 2.67. The predicted octanol–water partition coefficient (Wildman–Crippen LogP) is 1.79. The number of amides is 1. The lowest BCUT2D eigenvalue weighted by Gasteiger charge is -2.26. The fraction of sp³-hybridized carbons (Fsp3) is 0.333. The highest BCUT2D eigenvalue weighted by atomic mass is 16.5. The highest BCUT2D eigenvalue weighted by molar-refractivity contribution is 5.93. The zero-order valence-corrected chi connectivity index (χ0v) is 14.7. The van der Waals surface area contributed by atoms with Gasteiger partial charge >= 0.3 is 5.97 Å². The second-order valence-electron chi connectivity index (χ2n) is 5.79. The molecule has 1 N–H and O–H groups in total. The van der Waals surface area contributed by atoms with Crippen molar-refractivity contribution in [3.63, 3.8) is 0 Å². The maximum absolute atomic E-state index is 12.6. The lowest BCUT2D eigenvalue weighted by molar-refractivity contribution is 0.0299. The average molecular weight is 356 g/mol. The summed E-state index contributed by atoms with van der Waals surface area (Å²) in [5.41, 5.74) is 1.41. The molecular formula is C18H20N4O4. The number of morpholine rings is 1. The molecule has 0 unspecified atom stereocenters. The van der Waals surface area contributed by atoms with Crippen molar-refractivity contribution in [1.29, 1.82) is 0 Å². The van der Waals surface area contributed by atoms with Gasteiger partial charge in [-0.3, -0.25) is 4.79 Å². The standard InChI is InChI=1S/C18H20N4O4/c1-12-19-15(17(23)22-6-8-26-9-7-22)11-16(20-12)21-14-5-3-4-13(10-14)18(24)25-2/h3-5,10-11H,6-9H2,1-2H3,(H,19,20,21). The maximum Gasteiger partial charge on any atom is 0.337 e. The summed E-state index contributed by atoms with van der Waals surface area (Å²) in [4.78, 5) is 34.6. The normalized spacial score (nSPS) is 14.0. The van der Waals surface area contributed by atoms with Crippen molar-refractivity contribution in [3.8, 4) is 0 Å². The molecule has 1 aromatic carbocycles. The second-order valence-corrected chi connectivity index (χ2v) is 5.79. The Hall–Kier alpha value is -3.00. The van der Waals surface area contributed by atoms with E-state index in [1.165, 1.54) is 7.11 Å². The van der Waals surface area contributed by atoms with E-state index >= 15 is 0 Å². The summed E-state index contributed by atoms with van der Waals surface area (Å²) in [5, 5.41) is 3.11. The van der Waals surface area contributed by atoms with Gasteiger partial charge in [0.1, 0.15) is 17.3 Å². The molecule has 0 radical (unpaired) electrons. The molecule has 26 heavy (non-hydrogen) atoms. The minimum absolute atomic E-state index is 0.148. The fourth-order valence-corrected chi connectivity index (χ4v) is 2.66. The van der Waals surface area contributed by atoms with Crippen LogP contribution in [0.1, 0.15) is 26.7 Å². The van der Waals surface area contributed by atoms with Gasteiger partial charge in [0.25, 0.3) is 5.91 Å². The van der Waals surface area contributed by atoms with Gasteiger partial charge < -0.3 is 19.7 Å². The molecule has 1 aromatic heterocycles. The SMILES string of the molecule is COC(=O)c1cccc(Nc2cc(C(=O)N3CCOCC3)nc(C)n2)c1. The lowest BCUT2D eigenvalue weighted by atomic mass is 10.2. The Morgan fingerprint density at radius 2 is 1.96 bits per heavy atom. The Morgan fingerprint density at radius 3 is 2.69 bits per heavy atom. The van der Waals surface area contributed by atoms with Gasteiger partial charge in [0.15, 0.2) is 0 Å². The van der Waals surface area contributed by atoms with E-state index in [1.54, 1.807) is 42.2 Å². The molecule has 1 aliphatic rings. The highest BCUT2D eigenvalue weighted by Gasteiger charge is 2.20. The van der Waals surface area contributed by atoms with Crippen molar-refractivity contribution >= 4 is 23.4 Å². The van der Waals surface area contributed by atoms with Gasteiger partial charge in [-0.2, -0.15) is 0 Å². The van der Waals surface area contributed by atoms with Crippen LogP contribution in [0.4, 0.5) is 11.5 Å². The number of aryl methyl sites for hydroxylation is 1. The van der Waals surface area contributed by atoms with Crippen LogP contribution in [0.25, 0.3) is 0 Å². The van der Waals surface area contributed by atoms with Crippen molar-refractivity contribution in [2.45, 2.75) is 6.92 Å². The number of nitrogens with one attached hydrogen (secondary N) is 1. The highest BCUT2D eigenvalue weighted by Crippen LogP contribution is 2.18. The third-order valence-corrected chi connectivity index (χ3v) is 3.91. The summed E-state index contributed by atoms with van der Waals surface area (Å²) in [6.45, 7) is 3.88. The van der Waals surface area contributed by atoms with Crippen LogP contribution in [0.15, 0.2) is 30.3 Å². The van der Waals surface area contributed by atoms with Crippen LogP contribution in [0.3, 0.4) is 0 Å². The number of methoxy groups -OCH3 is 1. The van der Waals surface area contributed by atoms with E-state index in [0.29, 0.717) is 54.9 Å². The Bertz CT molecular complexity index is 819. The van der Waals surface area contributed by atoms with E-state index in [0.717, 1.165) is 0 Å². The van der Waals surface area contributed by atoms with Crippen LogP contribution < -0.4 is 5.32 Å². The van der Waals surface area contributed by atoms with Gasteiger partial charge in [-0.15, -0.1) is 0 Å². The van der Waals surface area contributed by atoms with E-state index in [2.05, 4.69) is 15.3 Å². The quantitative estimate of drug-likeness (QED) is 0.835. The van der Waals surface area contributed by atoms with Crippen LogP contribution in [-0.2, 0) is 9.47 Å². The molecule has 0 spiro atoms. The first kappa shape index (κ1) is 17.8. The monoisotopic (exact) mass is 356 g/mol. The number of benzene rings is 1. The molecule has 3 rings (SSSR count). The summed E-state index contributed by atoms with van der Waals surface area (Å²) in [7, 11) is 1.33. The molecule has 1 amide bonds. The topological polar surface area (TPSA) is 93.7 Å². The van der Waals surface area contributed by atoms with E-state index in [9.17, 15) is 9.59 Å². The molecule has 2 aromatic rings. The van der Waals surface area contributed by atoms with Gasteiger partial charge in [0, 0.05) is 24.8 Å². The largest absolute Gasteiger partial charge is 0.465 e. The van der Waals surface area contributed by atoms with Crippen molar-refractivity contribution < 1.29 is 19.1 Å². The van der Waals surface area contributed by atoms with Crippen molar-refractivity contribution in [1.82, 2.24) is 14.9 Å². The first-order chi connectivity index (χ1) is 12.6. The van der Waals surface area contributed by atoms with Gasteiger partial charge in [-0.1, -0.05) is 6.07 Å². The van der Waals surface area contributed by atoms with Crippen molar-refractivity contribution in [2.75, 3.05) is 38.7 Å². The number of nitrogens with zero attached hydrogens (tertiary/aromatic N) is 3. The zero-order chi connectivity index (χ0) is 18.5. The Labute approximate surface area is 151 Å². The molecule has 8 heteroatoms. The number of carbonyl (C=O) groups is 2. The molecule has 0 bridgehead atoms. The Balaban J connectivity index is 1.81. The molecule has 136 valence electrons. The smallest absolute Gasteiger partial charge is 0.337 e. The second kappa shape index (κ2) is 7.92. The minimum Gasteiger partial charge on any atom is -0.465 e. The zero-order valence-electron chi connectivity index (χ0n) is 14.7. The van der Waals surface area contributed by atoms with E-state index < -0.39 is 5.97 Å². The summed E-state index contributed by atoms with van der Waals surface area (Å²) in [5.74, 6) is 0.396. The van der Waals surface area contributed by atoms with Gasteiger partial charge in [0.05, 0.1) is 25.9 Å². The third-order valence-electron chi connectivity index (χ3n) is 3.91. The predicted molar refractivity (Wildman–Crippen MR) is 94.6 cm³/mol. The Morgan fingerprint density at radius 1 is 1.19 bits per heavy atom. The van der Waals surface area contributed by atoms with Crippen molar-refractivity contribution in [3.05, 3.63) is 47.4 Å². The van der Waals surface area contributed by atoms with Crippen LogP contribution in [0.5, 0.6) is 0 Å². The minimum atomic E-state index is -0.421. The van der Waals surface area contributed by atoms with Gasteiger partial charge in [-0.05, 0) is 25.1 Å². The molecule has 2 heterocycles. The number of hydrogen-bond donors (Lipinski definition) is 1. The first-order valence-corrected chi connectivity index (χ1v) is 8.25.